The first-order valence-electron chi connectivity index (χ1n) is 9.35. The number of fused-ring (bicyclic) bond motifs is 1. The van der Waals surface area contributed by atoms with E-state index in [1.165, 1.54) is 9.36 Å². The van der Waals surface area contributed by atoms with Crippen LogP contribution in [0.25, 0.3) is 11.0 Å². The summed E-state index contributed by atoms with van der Waals surface area (Å²) in [5.41, 5.74) is 7.32. The number of rotatable bonds is 3. The van der Waals surface area contributed by atoms with Gasteiger partial charge in [-0.2, -0.15) is 0 Å². The van der Waals surface area contributed by atoms with E-state index >= 15 is 0 Å². The van der Waals surface area contributed by atoms with Crippen molar-refractivity contribution in [2.45, 2.75) is 39.3 Å². The summed E-state index contributed by atoms with van der Waals surface area (Å²) in [6.45, 7) is 5.27. The van der Waals surface area contributed by atoms with Crippen LogP contribution in [0.1, 0.15) is 30.1 Å². The molecule has 3 aromatic heterocycles. The topological polar surface area (TPSA) is 128 Å². The number of anilines is 1. The minimum atomic E-state index is -0.358. The van der Waals surface area contributed by atoms with Gasteiger partial charge in [0, 0.05) is 37.6 Å². The van der Waals surface area contributed by atoms with Crippen LogP contribution < -0.4 is 21.8 Å². The third-order valence-corrected chi connectivity index (χ3v) is 5.08. The van der Waals surface area contributed by atoms with E-state index in [1.54, 1.807) is 7.05 Å². The summed E-state index contributed by atoms with van der Waals surface area (Å²) in [6.07, 6.45) is 1.91. The minimum Gasteiger partial charge on any atom is -0.341 e. The number of aromatic amines is 1. The number of nitrogens with zero attached hydrogens (tertiary/aromatic N) is 6. The fourth-order valence-electron chi connectivity index (χ4n) is 3.73. The summed E-state index contributed by atoms with van der Waals surface area (Å²) in [7, 11) is 1.56. The van der Waals surface area contributed by atoms with Crippen LogP contribution in [0.5, 0.6) is 0 Å². The highest BCUT2D eigenvalue weighted by molar-refractivity contribution is 5.75. The van der Waals surface area contributed by atoms with Gasteiger partial charge in [-0.15, -0.1) is 0 Å². The number of piperidine rings is 1. The van der Waals surface area contributed by atoms with Crippen molar-refractivity contribution in [3.8, 4) is 0 Å². The van der Waals surface area contributed by atoms with Crippen LogP contribution >= 0.6 is 0 Å². The molecule has 1 unspecified atom stereocenters. The van der Waals surface area contributed by atoms with Crippen LogP contribution in [0.4, 0.5) is 5.95 Å². The molecule has 28 heavy (non-hydrogen) atoms. The van der Waals surface area contributed by atoms with E-state index in [4.69, 9.17) is 5.73 Å². The molecule has 3 N–H and O–H groups in total. The van der Waals surface area contributed by atoms with Crippen LogP contribution in [0.2, 0.25) is 0 Å². The van der Waals surface area contributed by atoms with Gasteiger partial charge in [0.15, 0.2) is 5.52 Å². The molecule has 0 saturated carbocycles. The van der Waals surface area contributed by atoms with Crippen molar-refractivity contribution in [1.29, 1.82) is 0 Å². The zero-order valence-electron chi connectivity index (χ0n) is 16.3. The monoisotopic (exact) mass is 384 g/mol. The van der Waals surface area contributed by atoms with Gasteiger partial charge in [0.1, 0.15) is 17.9 Å². The van der Waals surface area contributed by atoms with E-state index in [-0.39, 0.29) is 34.7 Å². The number of H-pyrrole nitrogens is 1. The number of nitrogens with one attached hydrogen (secondary N) is 1. The van der Waals surface area contributed by atoms with Gasteiger partial charge in [0.05, 0.1) is 0 Å². The van der Waals surface area contributed by atoms with Crippen LogP contribution in [-0.2, 0) is 13.6 Å². The summed E-state index contributed by atoms with van der Waals surface area (Å²) in [5, 5.41) is 0. The Morgan fingerprint density at radius 2 is 1.89 bits per heavy atom. The van der Waals surface area contributed by atoms with Crippen LogP contribution in [0.3, 0.4) is 0 Å². The first-order valence-corrected chi connectivity index (χ1v) is 9.35. The Kier molecular flexibility index (Phi) is 4.50. The second kappa shape index (κ2) is 6.86. The van der Waals surface area contributed by atoms with E-state index in [9.17, 15) is 9.59 Å². The van der Waals surface area contributed by atoms with Crippen molar-refractivity contribution in [3.63, 3.8) is 0 Å². The predicted octanol–water partition coefficient (Wildman–Crippen LogP) is -0.194. The van der Waals surface area contributed by atoms with Gasteiger partial charge in [-0.3, -0.25) is 9.59 Å². The third-order valence-electron chi connectivity index (χ3n) is 5.08. The molecule has 0 bridgehead atoms. The molecule has 4 rings (SSSR count). The van der Waals surface area contributed by atoms with Crippen molar-refractivity contribution >= 4 is 17.0 Å². The van der Waals surface area contributed by atoms with Crippen molar-refractivity contribution in [2.24, 2.45) is 12.8 Å². The molecule has 1 saturated heterocycles. The molecule has 0 radical (unpaired) electrons. The van der Waals surface area contributed by atoms with Gasteiger partial charge in [-0.05, 0) is 32.8 Å². The Hall–Kier alpha value is -3.01. The van der Waals surface area contributed by atoms with Crippen molar-refractivity contribution in [2.75, 3.05) is 18.0 Å². The average molecular weight is 384 g/mol. The molecule has 3 aromatic rings. The number of hydrogen-bond donors (Lipinski definition) is 2. The normalized spacial score (nSPS) is 17.4. The smallest absolute Gasteiger partial charge is 0.294 e. The second-order valence-corrected chi connectivity index (χ2v) is 7.39. The maximum atomic E-state index is 13.1. The molecule has 10 heteroatoms. The van der Waals surface area contributed by atoms with Crippen LogP contribution in [0.15, 0.2) is 15.7 Å². The lowest BCUT2D eigenvalue weighted by molar-refractivity contribution is 0.491. The van der Waals surface area contributed by atoms with Gasteiger partial charge in [0.25, 0.3) is 11.1 Å². The Labute approximate surface area is 161 Å². The lowest BCUT2D eigenvalue weighted by atomic mass is 10.1. The molecule has 0 aliphatic carbocycles. The lowest BCUT2D eigenvalue weighted by Crippen LogP contribution is -2.43. The standard InChI is InChI=1S/C18H24N8O2/c1-10-7-11(2)21-13(20-10)9-26-17(28)15-14(16(27)24(26)3)22-18(23-15)25-6-4-5-12(19)8-25/h7,12H,4-6,8-9,19H2,1-3H3,(H,22,23). The van der Waals surface area contributed by atoms with E-state index < -0.39 is 0 Å². The molecule has 0 amide bonds. The van der Waals surface area contributed by atoms with E-state index in [2.05, 4.69) is 19.9 Å². The molecule has 1 aliphatic heterocycles. The Balaban J connectivity index is 1.80. The van der Waals surface area contributed by atoms with Crippen molar-refractivity contribution in [3.05, 3.63) is 44.0 Å². The molecular formula is C18H24N8O2. The molecule has 10 nitrogen and oxygen atoms in total. The van der Waals surface area contributed by atoms with Crippen molar-refractivity contribution < 1.29 is 0 Å². The zero-order valence-corrected chi connectivity index (χ0v) is 16.3. The molecule has 4 heterocycles. The maximum absolute atomic E-state index is 13.1. The van der Waals surface area contributed by atoms with Gasteiger partial charge in [0.2, 0.25) is 5.95 Å². The Bertz CT molecular complexity index is 1140. The summed E-state index contributed by atoms with van der Waals surface area (Å²) in [6, 6.07) is 1.92. The lowest BCUT2D eigenvalue weighted by Gasteiger charge is -2.30. The molecule has 0 spiro atoms. The zero-order chi connectivity index (χ0) is 20.0. The minimum absolute atomic E-state index is 0.0585. The Morgan fingerprint density at radius 3 is 2.57 bits per heavy atom. The molecule has 1 aliphatic rings. The third kappa shape index (κ3) is 3.19. The van der Waals surface area contributed by atoms with Crippen molar-refractivity contribution in [1.82, 2.24) is 29.3 Å². The highest BCUT2D eigenvalue weighted by Gasteiger charge is 2.22. The van der Waals surface area contributed by atoms with Crippen LogP contribution in [-0.4, -0.2) is 48.4 Å². The molecule has 1 fully saturated rings. The molecule has 148 valence electrons. The number of aryl methyl sites for hydroxylation is 2. The number of nitrogens with two attached hydrogens (primary N) is 1. The maximum Gasteiger partial charge on any atom is 0.294 e. The highest BCUT2D eigenvalue weighted by atomic mass is 16.2. The van der Waals surface area contributed by atoms with E-state index in [0.29, 0.717) is 18.3 Å². The van der Waals surface area contributed by atoms with Gasteiger partial charge in [-0.1, -0.05) is 0 Å². The summed E-state index contributed by atoms with van der Waals surface area (Å²) in [5.74, 6) is 0.992. The number of imidazole rings is 1. The quantitative estimate of drug-likeness (QED) is 0.640. The van der Waals surface area contributed by atoms with Gasteiger partial charge in [-0.25, -0.2) is 24.3 Å². The summed E-state index contributed by atoms with van der Waals surface area (Å²) in [4.78, 5) is 44.1. The number of aromatic nitrogens is 6. The largest absolute Gasteiger partial charge is 0.341 e. The van der Waals surface area contributed by atoms with E-state index in [0.717, 1.165) is 30.8 Å². The SMILES string of the molecule is Cc1cc(C)nc(Cn2c(=O)c3nc(N4CCCC(N)C4)[nH]c3c(=O)n2C)n1. The second-order valence-electron chi connectivity index (χ2n) is 7.39. The first-order chi connectivity index (χ1) is 13.3. The predicted molar refractivity (Wildman–Crippen MR) is 106 cm³/mol. The fourth-order valence-corrected chi connectivity index (χ4v) is 3.73. The highest BCUT2D eigenvalue weighted by Crippen LogP contribution is 2.17. The van der Waals surface area contributed by atoms with E-state index in [1.807, 2.05) is 24.8 Å². The van der Waals surface area contributed by atoms with Crippen LogP contribution in [0, 0.1) is 13.8 Å². The molecular weight excluding hydrogens is 360 g/mol. The molecule has 1 atom stereocenters. The Morgan fingerprint density at radius 1 is 1.18 bits per heavy atom. The van der Waals surface area contributed by atoms with Gasteiger partial charge >= 0.3 is 0 Å². The fraction of sp³-hybridized carbons (Fsp3) is 0.500. The average Bonchev–Trinajstić information content (AvgIpc) is 3.08. The molecule has 0 aromatic carbocycles. The summed E-state index contributed by atoms with van der Waals surface area (Å²) < 4.78 is 2.61. The first kappa shape index (κ1) is 18.4. The number of hydrogen-bond acceptors (Lipinski definition) is 7. The van der Waals surface area contributed by atoms with Gasteiger partial charge < -0.3 is 15.6 Å². The summed E-state index contributed by atoms with van der Waals surface area (Å²) >= 11 is 0.